The van der Waals surface area contributed by atoms with Crippen LogP contribution in [0.3, 0.4) is 0 Å². The number of hydrogen-bond acceptors (Lipinski definition) is 4. The molecule has 0 bridgehead atoms. The molecule has 20 heavy (non-hydrogen) atoms. The Morgan fingerprint density at radius 2 is 2.00 bits per heavy atom. The van der Waals surface area contributed by atoms with Crippen LogP contribution in [0.4, 0.5) is 5.69 Å². The Labute approximate surface area is 118 Å². The molecule has 0 unspecified atom stereocenters. The van der Waals surface area contributed by atoms with Crippen molar-refractivity contribution < 1.29 is 9.21 Å². The monoisotopic (exact) mass is 273 g/mol. The van der Waals surface area contributed by atoms with E-state index in [2.05, 4.69) is 15.3 Å². The van der Waals surface area contributed by atoms with Gasteiger partial charge >= 0.3 is 0 Å². The van der Waals surface area contributed by atoms with Crippen molar-refractivity contribution in [3.63, 3.8) is 0 Å². The minimum absolute atomic E-state index is 0.203. The third-order valence-corrected chi connectivity index (χ3v) is 3.03. The van der Waals surface area contributed by atoms with Crippen LogP contribution >= 0.6 is 0 Å². The van der Waals surface area contributed by atoms with E-state index < -0.39 is 0 Å². The van der Waals surface area contributed by atoms with Crippen LogP contribution in [0.5, 0.6) is 0 Å². The maximum Gasteiger partial charge on any atom is 0.259 e. The van der Waals surface area contributed by atoms with Crippen LogP contribution in [0.2, 0.25) is 0 Å². The van der Waals surface area contributed by atoms with Crippen molar-refractivity contribution in [3.05, 3.63) is 41.4 Å². The van der Waals surface area contributed by atoms with E-state index in [0.29, 0.717) is 17.0 Å². The first kappa shape index (κ1) is 14.2. The van der Waals surface area contributed by atoms with E-state index in [-0.39, 0.29) is 11.8 Å². The van der Waals surface area contributed by atoms with Crippen LogP contribution in [0.25, 0.3) is 0 Å². The van der Waals surface area contributed by atoms with Crippen LogP contribution in [-0.4, -0.2) is 15.9 Å². The zero-order valence-electron chi connectivity index (χ0n) is 12.2. The van der Waals surface area contributed by atoms with Gasteiger partial charge in [-0.2, -0.15) is 0 Å². The maximum atomic E-state index is 12.2. The van der Waals surface area contributed by atoms with Gasteiger partial charge in [-0.3, -0.25) is 4.79 Å². The minimum atomic E-state index is -0.203. The quantitative estimate of drug-likeness (QED) is 0.927. The highest BCUT2D eigenvalue weighted by Gasteiger charge is 2.16. The summed E-state index contributed by atoms with van der Waals surface area (Å²) in [4.78, 5) is 20.5. The highest BCUT2D eigenvalue weighted by atomic mass is 16.3. The molecule has 0 saturated heterocycles. The molecule has 0 fully saturated rings. The van der Waals surface area contributed by atoms with Gasteiger partial charge < -0.3 is 9.73 Å². The minimum Gasteiger partial charge on any atom is -0.465 e. The van der Waals surface area contributed by atoms with E-state index in [1.807, 2.05) is 20.8 Å². The van der Waals surface area contributed by atoms with E-state index in [1.54, 1.807) is 25.4 Å². The topological polar surface area (TPSA) is 68.0 Å². The first-order valence-corrected chi connectivity index (χ1v) is 6.73. The number of rotatable bonds is 4. The summed E-state index contributed by atoms with van der Waals surface area (Å²) in [5.74, 6) is 2.24. The summed E-state index contributed by atoms with van der Waals surface area (Å²) in [7, 11) is 0. The first-order valence-electron chi connectivity index (χ1n) is 6.73. The Balaban J connectivity index is 2.14. The first-order chi connectivity index (χ1) is 9.51. The second-order valence-electron chi connectivity index (χ2n) is 4.97. The van der Waals surface area contributed by atoms with Crippen LogP contribution in [0.15, 0.2) is 22.9 Å². The van der Waals surface area contributed by atoms with Crippen molar-refractivity contribution in [3.8, 4) is 0 Å². The van der Waals surface area contributed by atoms with E-state index >= 15 is 0 Å². The zero-order chi connectivity index (χ0) is 14.7. The molecule has 0 aromatic carbocycles. The summed E-state index contributed by atoms with van der Waals surface area (Å²) < 4.78 is 5.58. The molecule has 0 aliphatic rings. The average molecular weight is 273 g/mol. The van der Waals surface area contributed by atoms with E-state index in [4.69, 9.17) is 4.42 Å². The lowest BCUT2D eigenvalue weighted by Crippen LogP contribution is -2.12. The summed E-state index contributed by atoms with van der Waals surface area (Å²) in [6, 6.07) is 1.79. The Morgan fingerprint density at radius 3 is 2.50 bits per heavy atom. The lowest BCUT2D eigenvalue weighted by Gasteiger charge is -2.03. The van der Waals surface area contributed by atoms with Crippen LogP contribution in [0.1, 0.15) is 54.4 Å². The Bertz CT molecular complexity index is 600. The fourth-order valence-electron chi connectivity index (χ4n) is 1.82. The molecule has 2 rings (SSSR count). The van der Waals surface area contributed by atoms with Crippen molar-refractivity contribution in [2.75, 3.05) is 5.32 Å². The highest BCUT2D eigenvalue weighted by molar-refractivity contribution is 6.04. The van der Waals surface area contributed by atoms with Gasteiger partial charge in [-0.15, -0.1) is 0 Å². The fraction of sp³-hybridized carbons (Fsp3) is 0.400. The number of nitrogens with one attached hydrogen (secondary N) is 1. The SMILES string of the molecule is CCc1ncc(NC(=O)c2cc(C(C)C)oc2C)cn1. The number of furan rings is 1. The molecule has 0 spiro atoms. The fourth-order valence-corrected chi connectivity index (χ4v) is 1.82. The number of hydrogen-bond donors (Lipinski definition) is 1. The molecule has 5 heteroatoms. The predicted molar refractivity (Wildman–Crippen MR) is 76.9 cm³/mol. The zero-order valence-corrected chi connectivity index (χ0v) is 12.2. The summed E-state index contributed by atoms with van der Waals surface area (Å²) >= 11 is 0. The van der Waals surface area contributed by atoms with Crippen LogP contribution < -0.4 is 5.32 Å². The molecular formula is C15H19N3O2. The van der Waals surface area contributed by atoms with Crippen LogP contribution in [0, 0.1) is 6.92 Å². The third kappa shape index (κ3) is 3.04. The predicted octanol–water partition coefficient (Wildman–Crippen LogP) is 3.32. The van der Waals surface area contributed by atoms with Crippen LogP contribution in [-0.2, 0) is 6.42 Å². The molecule has 2 aromatic heterocycles. The van der Waals surface area contributed by atoms with Crippen molar-refractivity contribution in [1.82, 2.24) is 9.97 Å². The van der Waals surface area contributed by atoms with Crippen molar-refractivity contribution >= 4 is 11.6 Å². The second-order valence-corrected chi connectivity index (χ2v) is 4.97. The molecular weight excluding hydrogens is 254 g/mol. The number of carbonyl (C=O) groups excluding carboxylic acids is 1. The molecule has 106 valence electrons. The number of amides is 1. The Hall–Kier alpha value is -2.17. The molecule has 0 saturated carbocycles. The molecule has 2 heterocycles. The van der Waals surface area contributed by atoms with Gasteiger partial charge in [0.25, 0.3) is 5.91 Å². The van der Waals surface area contributed by atoms with Crippen molar-refractivity contribution in [2.24, 2.45) is 0 Å². The van der Waals surface area contributed by atoms with Crippen molar-refractivity contribution in [1.29, 1.82) is 0 Å². The van der Waals surface area contributed by atoms with Gasteiger partial charge in [0.05, 0.1) is 23.6 Å². The van der Waals surface area contributed by atoms with E-state index in [1.165, 1.54) is 0 Å². The largest absolute Gasteiger partial charge is 0.465 e. The number of aromatic nitrogens is 2. The van der Waals surface area contributed by atoms with E-state index in [9.17, 15) is 4.79 Å². The van der Waals surface area contributed by atoms with Gasteiger partial charge in [-0.05, 0) is 13.0 Å². The summed E-state index contributed by atoms with van der Waals surface area (Å²) in [6.45, 7) is 7.82. The maximum absolute atomic E-state index is 12.2. The molecule has 1 N–H and O–H groups in total. The lowest BCUT2D eigenvalue weighted by molar-refractivity contribution is 0.102. The standard InChI is InChI=1S/C15H19N3O2/c1-5-14-16-7-11(8-17-14)18-15(19)12-6-13(9(2)3)20-10(12)4/h6-9H,5H2,1-4H3,(H,18,19). The number of carbonyl (C=O) groups is 1. The average Bonchev–Trinajstić information content (AvgIpc) is 2.82. The number of anilines is 1. The molecule has 0 radical (unpaired) electrons. The summed E-state index contributed by atoms with van der Waals surface area (Å²) in [5, 5.41) is 2.78. The summed E-state index contributed by atoms with van der Waals surface area (Å²) in [6.07, 6.45) is 4.00. The van der Waals surface area contributed by atoms with Gasteiger partial charge in [-0.1, -0.05) is 20.8 Å². The lowest BCUT2D eigenvalue weighted by atomic mass is 10.1. The normalized spacial score (nSPS) is 10.8. The molecule has 0 atom stereocenters. The smallest absolute Gasteiger partial charge is 0.259 e. The Morgan fingerprint density at radius 1 is 1.35 bits per heavy atom. The van der Waals surface area contributed by atoms with Gasteiger partial charge in [0.1, 0.15) is 17.3 Å². The molecule has 1 amide bonds. The molecule has 0 aliphatic carbocycles. The molecule has 5 nitrogen and oxygen atoms in total. The van der Waals surface area contributed by atoms with Gasteiger partial charge in [-0.25, -0.2) is 9.97 Å². The molecule has 0 aliphatic heterocycles. The van der Waals surface area contributed by atoms with Crippen molar-refractivity contribution in [2.45, 2.75) is 40.0 Å². The molecule has 2 aromatic rings. The number of aryl methyl sites for hydroxylation is 2. The summed E-state index contributed by atoms with van der Waals surface area (Å²) in [5.41, 5.74) is 1.13. The van der Waals surface area contributed by atoms with Gasteiger partial charge in [0.15, 0.2) is 0 Å². The van der Waals surface area contributed by atoms with Gasteiger partial charge in [0, 0.05) is 12.3 Å². The van der Waals surface area contributed by atoms with Gasteiger partial charge in [0.2, 0.25) is 0 Å². The second kappa shape index (κ2) is 5.86. The highest BCUT2D eigenvalue weighted by Crippen LogP contribution is 2.22. The Kier molecular flexibility index (Phi) is 4.17. The third-order valence-electron chi connectivity index (χ3n) is 3.03. The number of nitrogens with zero attached hydrogens (tertiary/aromatic N) is 2. The van der Waals surface area contributed by atoms with E-state index in [0.717, 1.165) is 18.0 Å².